The maximum atomic E-state index is 10.0. The smallest absolute Gasteiger partial charge is 0.118 e. The molecule has 0 saturated carbocycles. The SMILES string of the molecule is CC(C)N1CCOCCC1(C)O. The van der Waals surface area contributed by atoms with Crippen molar-refractivity contribution in [3.8, 4) is 0 Å². The van der Waals surface area contributed by atoms with Crippen LogP contribution < -0.4 is 0 Å². The third kappa shape index (κ3) is 2.19. The van der Waals surface area contributed by atoms with E-state index < -0.39 is 5.72 Å². The summed E-state index contributed by atoms with van der Waals surface area (Å²) in [6.45, 7) is 8.27. The summed E-state index contributed by atoms with van der Waals surface area (Å²) in [5.74, 6) is 0. The predicted molar refractivity (Wildman–Crippen MR) is 47.9 cm³/mol. The number of hydrogen-bond acceptors (Lipinski definition) is 3. The van der Waals surface area contributed by atoms with E-state index in [2.05, 4.69) is 18.7 Å². The van der Waals surface area contributed by atoms with Crippen molar-refractivity contribution in [3.63, 3.8) is 0 Å². The molecule has 0 bridgehead atoms. The summed E-state index contributed by atoms with van der Waals surface area (Å²) >= 11 is 0. The summed E-state index contributed by atoms with van der Waals surface area (Å²) in [6, 6.07) is 0.377. The maximum Gasteiger partial charge on any atom is 0.118 e. The van der Waals surface area contributed by atoms with Crippen LogP contribution in [0.5, 0.6) is 0 Å². The van der Waals surface area contributed by atoms with Crippen LogP contribution in [0.3, 0.4) is 0 Å². The van der Waals surface area contributed by atoms with Crippen molar-refractivity contribution in [1.29, 1.82) is 0 Å². The van der Waals surface area contributed by atoms with Crippen molar-refractivity contribution in [2.45, 2.75) is 39.0 Å². The molecule has 1 fully saturated rings. The van der Waals surface area contributed by atoms with Crippen molar-refractivity contribution in [2.24, 2.45) is 0 Å². The molecule has 1 rings (SSSR count). The fraction of sp³-hybridized carbons (Fsp3) is 1.00. The van der Waals surface area contributed by atoms with Gasteiger partial charge in [0.1, 0.15) is 5.72 Å². The van der Waals surface area contributed by atoms with Gasteiger partial charge in [-0.15, -0.1) is 0 Å². The average molecular weight is 173 g/mol. The van der Waals surface area contributed by atoms with Crippen LogP contribution >= 0.6 is 0 Å². The third-order valence-corrected chi connectivity index (χ3v) is 2.44. The first-order valence-corrected chi connectivity index (χ1v) is 4.61. The van der Waals surface area contributed by atoms with Gasteiger partial charge in [-0.2, -0.15) is 0 Å². The number of nitrogens with zero attached hydrogens (tertiary/aromatic N) is 1. The Morgan fingerprint density at radius 2 is 2.08 bits per heavy atom. The molecular weight excluding hydrogens is 154 g/mol. The van der Waals surface area contributed by atoms with E-state index in [0.717, 1.165) is 13.2 Å². The summed E-state index contributed by atoms with van der Waals surface area (Å²) in [6.07, 6.45) is 0.700. The quantitative estimate of drug-likeness (QED) is 0.637. The van der Waals surface area contributed by atoms with Gasteiger partial charge in [0, 0.05) is 19.0 Å². The van der Waals surface area contributed by atoms with Gasteiger partial charge in [0.2, 0.25) is 0 Å². The van der Waals surface area contributed by atoms with Crippen molar-refractivity contribution < 1.29 is 9.84 Å². The maximum absolute atomic E-state index is 10.0. The van der Waals surface area contributed by atoms with E-state index in [9.17, 15) is 5.11 Å². The highest BCUT2D eigenvalue weighted by molar-refractivity contribution is 4.79. The highest BCUT2D eigenvalue weighted by Crippen LogP contribution is 2.20. The minimum Gasteiger partial charge on any atom is -0.380 e. The second-order valence-corrected chi connectivity index (χ2v) is 3.87. The van der Waals surface area contributed by atoms with Gasteiger partial charge in [-0.3, -0.25) is 4.90 Å². The lowest BCUT2D eigenvalue weighted by Crippen LogP contribution is -2.50. The molecule has 1 aliphatic heterocycles. The molecule has 1 N–H and O–H groups in total. The van der Waals surface area contributed by atoms with Crippen LogP contribution in [0.4, 0.5) is 0 Å². The minimum atomic E-state index is -0.690. The average Bonchev–Trinajstić information content (AvgIpc) is 2.09. The fourth-order valence-electron chi connectivity index (χ4n) is 1.73. The number of aliphatic hydroxyl groups is 1. The molecule has 72 valence electrons. The Morgan fingerprint density at radius 3 is 2.67 bits per heavy atom. The lowest BCUT2D eigenvalue weighted by molar-refractivity contribution is -0.106. The molecule has 0 aliphatic carbocycles. The molecule has 0 spiro atoms. The van der Waals surface area contributed by atoms with Gasteiger partial charge in [0.25, 0.3) is 0 Å². The number of hydrogen-bond donors (Lipinski definition) is 1. The van der Waals surface area contributed by atoms with E-state index in [1.807, 2.05) is 6.92 Å². The number of ether oxygens (including phenoxy) is 1. The Morgan fingerprint density at radius 1 is 1.42 bits per heavy atom. The van der Waals surface area contributed by atoms with E-state index in [1.54, 1.807) is 0 Å². The molecule has 0 aromatic rings. The molecule has 0 radical (unpaired) electrons. The zero-order valence-corrected chi connectivity index (χ0v) is 8.21. The van der Waals surface area contributed by atoms with Gasteiger partial charge in [0.15, 0.2) is 0 Å². The van der Waals surface area contributed by atoms with Gasteiger partial charge in [-0.25, -0.2) is 0 Å². The van der Waals surface area contributed by atoms with E-state index in [-0.39, 0.29) is 0 Å². The molecular formula is C9H19NO2. The topological polar surface area (TPSA) is 32.7 Å². The molecule has 1 unspecified atom stereocenters. The van der Waals surface area contributed by atoms with Gasteiger partial charge >= 0.3 is 0 Å². The molecule has 0 amide bonds. The highest BCUT2D eigenvalue weighted by Gasteiger charge is 2.32. The molecule has 0 aromatic carbocycles. The Kier molecular flexibility index (Phi) is 3.09. The number of rotatable bonds is 1. The van der Waals surface area contributed by atoms with Crippen LogP contribution in [0.25, 0.3) is 0 Å². The van der Waals surface area contributed by atoms with E-state index in [0.29, 0.717) is 19.1 Å². The largest absolute Gasteiger partial charge is 0.380 e. The van der Waals surface area contributed by atoms with E-state index in [1.165, 1.54) is 0 Å². The molecule has 0 aromatic heterocycles. The molecule has 1 atom stereocenters. The van der Waals surface area contributed by atoms with Crippen molar-refractivity contribution in [3.05, 3.63) is 0 Å². The first-order chi connectivity index (χ1) is 5.54. The molecule has 1 saturated heterocycles. The summed E-state index contributed by atoms with van der Waals surface area (Å²) in [7, 11) is 0. The predicted octanol–water partition coefficient (Wildman–Crippen LogP) is 0.826. The van der Waals surface area contributed by atoms with E-state index >= 15 is 0 Å². The second-order valence-electron chi connectivity index (χ2n) is 3.87. The summed E-state index contributed by atoms with van der Waals surface area (Å²) in [5, 5.41) is 10.0. The van der Waals surface area contributed by atoms with Crippen LogP contribution in [0.15, 0.2) is 0 Å². The summed E-state index contributed by atoms with van der Waals surface area (Å²) < 4.78 is 5.31. The highest BCUT2D eigenvalue weighted by atomic mass is 16.5. The molecule has 1 aliphatic rings. The van der Waals surface area contributed by atoms with Gasteiger partial charge in [-0.1, -0.05) is 0 Å². The van der Waals surface area contributed by atoms with Crippen LogP contribution in [-0.4, -0.2) is 41.5 Å². The Labute approximate surface area is 74.3 Å². The van der Waals surface area contributed by atoms with Gasteiger partial charge in [-0.05, 0) is 20.8 Å². The lowest BCUT2D eigenvalue weighted by atomic mass is 10.1. The Balaban J connectivity index is 2.65. The minimum absolute atomic E-state index is 0.377. The normalized spacial score (nSPS) is 33.8. The second kappa shape index (κ2) is 3.73. The summed E-state index contributed by atoms with van der Waals surface area (Å²) in [5.41, 5.74) is -0.690. The lowest BCUT2D eigenvalue weighted by Gasteiger charge is -2.37. The standard InChI is InChI=1S/C9H19NO2/c1-8(2)10-5-7-12-6-4-9(10,3)11/h8,11H,4-7H2,1-3H3. The summed E-state index contributed by atoms with van der Waals surface area (Å²) in [4.78, 5) is 2.08. The van der Waals surface area contributed by atoms with Crippen molar-refractivity contribution >= 4 is 0 Å². The van der Waals surface area contributed by atoms with Crippen LogP contribution in [-0.2, 0) is 4.74 Å². The zero-order chi connectivity index (χ0) is 9.19. The molecule has 1 heterocycles. The van der Waals surface area contributed by atoms with Crippen LogP contribution in [0.1, 0.15) is 27.2 Å². The third-order valence-electron chi connectivity index (χ3n) is 2.44. The van der Waals surface area contributed by atoms with Crippen molar-refractivity contribution in [2.75, 3.05) is 19.8 Å². The Hall–Kier alpha value is -0.120. The van der Waals surface area contributed by atoms with Crippen LogP contribution in [0, 0.1) is 0 Å². The fourth-order valence-corrected chi connectivity index (χ4v) is 1.73. The van der Waals surface area contributed by atoms with E-state index in [4.69, 9.17) is 4.74 Å². The Bertz CT molecular complexity index is 145. The zero-order valence-electron chi connectivity index (χ0n) is 8.21. The molecule has 12 heavy (non-hydrogen) atoms. The molecule has 3 nitrogen and oxygen atoms in total. The molecule has 3 heteroatoms. The van der Waals surface area contributed by atoms with Gasteiger partial charge in [0.05, 0.1) is 13.2 Å². The first-order valence-electron chi connectivity index (χ1n) is 4.61. The van der Waals surface area contributed by atoms with Crippen LogP contribution in [0.2, 0.25) is 0 Å². The first kappa shape index (κ1) is 9.96. The van der Waals surface area contributed by atoms with Gasteiger partial charge < -0.3 is 9.84 Å². The monoisotopic (exact) mass is 173 g/mol. The van der Waals surface area contributed by atoms with Crippen molar-refractivity contribution in [1.82, 2.24) is 4.90 Å².